The first-order chi connectivity index (χ1) is 12.0. The van der Waals surface area contributed by atoms with Crippen LogP contribution in [0, 0.1) is 5.92 Å². The van der Waals surface area contributed by atoms with Crippen LogP contribution in [-0.2, 0) is 11.3 Å². The molecule has 0 saturated heterocycles. The molecule has 0 aliphatic rings. The maximum absolute atomic E-state index is 12.5. The van der Waals surface area contributed by atoms with E-state index in [9.17, 15) is 9.59 Å². The van der Waals surface area contributed by atoms with Crippen LogP contribution in [0.25, 0.3) is 0 Å². The number of hydrogen-bond acceptors (Lipinski definition) is 4. The van der Waals surface area contributed by atoms with Crippen LogP contribution in [0.3, 0.4) is 0 Å². The van der Waals surface area contributed by atoms with Crippen molar-refractivity contribution in [2.45, 2.75) is 27.3 Å². The van der Waals surface area contributed by atoms with E-state index in [4.69, 9.17) is 11.6 Å². The number of hydrogen-bond donors (Lipinski definition) is 1. The third-order valence-corrected chi connectivity index (χ3v) is 4.23. The van der Waals surface area contributed by atoms with Crippen LogP contribution in [0.1, 0.15) is 31.1 Å². The van der Waals surface area contributed by atoms with Crippen LogP contribution in [-0.4, -0.2) is 44.6 Å². The standard InChI is InChI=1S/C17H22ClN5O2/c1-4-22(5-2)17(25)13-6-7-14(18)15(8-13)21-16(24)12(3)9-23-11-19-10-20-23/h6-8,10-12H,4-5,9H2,1-3H3,(H,21,24)/t12-/m0/s1. The zero-order valence-corrected chi connectivity index (χ0v) is 15.3. The Morgan fingerprint density at radius 1 is 1.32 bits per heavy atom. The number of benzene rings is 1. The van der Waals surface area contributed by atoms with Crippen molar-refractivity contribution in [2.24, 2.45) is 5.92 Å². The van der Waals surface area contributed by atoms with Gasteiger partial charge in [0.2, 0.25) is 5.91 Å². The van der Waals surface area contributed by atoms with Crippen LogP contribution in [0.2, 0.25) is 5.02 Å². The molecule has 25 heavy (non-hydrogen) atoms. The molecule has 1 atom stereocenters. The highest BCUT2D eigenvalue weighted by molar-refractivity contribution is 6.33. The van der Waals surface area contributed by atoms with Gasteiger partial charge in [-0.1, -0.05) is 18.5 Å². The first-order valence-corrected chi connectivity index (χ1v) is 8.56. The molecule has 0 bridgehead atoms. The van der Waals surface area contributed by atoms with E-state index >= 15 is 0 Å². The first-order valence-electron chi connectivity index (χ1n) is 8.18. The molecule has 1 aromatic carbocycles. The van der Waals surface area contributed by atoms with E-state index in [2.05, 4.69) is 15.4 Å². The Bertz CT molecular complexity index is 729. The predicted molar refractivity (Wildman–Crippen MR) is 96.5 cm³/mol. The molecule has 0 spiro atoms. The summed E-state index contributed by atoms with van der Waals surface area (Å²) < 4.78 is 1.59. The molecule has 0 aliphatic carbocycles. The molecule has 7 nitrogen and oxygen atoms in total. The smallest absolute Gasteiger partial charge is 0.253 e. The van der Waals surface area contributed by atoms with E-state index in [1.165, 1.54) is 6.33 Å². The molecule has 0 fully saturated rings. The lowest BCUT2D eigenvalue weighted by Gasteiger charge is -2.19. The van der Waals surface area contributed by atoms with Gasteiger partial charge in [0.15, 0.2) is 0 Å². The minimum absolute atomic E-state index is 0.0900. The Kier molecular flexibility index (Phi) is 6.52. The van der Waals surface area contributed by atoms with Crippen molar-refractivity contribution < 1.29 is 9.59 Å². The Balaban J connectivity index is 2.11. The Labute approximate surface area is 152 Å². The van der Waals surface area contributed by atoms with Crippen LogP contribution in [0.5, 0.6) is 0 Å². The molecule has 0 aliphatic heterocycles. The van der Waals surface area contributed by atoms with E-state index in [0.29, 0.717) is 35.9 Å². The van der Waals surface area contributed by atoms with Gasteiger partial charge in [0.05, 0.1) is 23.2 Å². The van der Waals surface area contributed by atoms with E-state index < -0.39 is 0 Å². The molecule has 2 aromatic rings. The molecule has 1 N–H and O–H groups in total. The molecule has 8 heteroatoms. The SMILES string of the molecule is CCN(CC)C(=O)c1ccc(Cl)c(NC(=O)[C@@H](C)Cn2cncn2)c1. The quantitative estimate of drug-likeness (QED) is 0.820. The second-order valence-electron chi connectivity index (χ2n) is 5.68. The van der Waals surface area contributed by atoms with Gasteiger partial charge < -0.3 is 10.2 Å². The van der Waals surface area contributed by atoms with Gasteiger partial charge in [0.1, 0.15) is 12.7 Å². The van der Waals surface area contributed by atoms with E-state index in [-0.39, 0.29) is 17.7 Å². The second kappa shape index (κ2) is 8.62. The number of amides is 2. The molecule has 134 valence electrons. The van der Waals surface area contributed by atoms with E-state index in [1.807, 2.05) is 13.8 Å². The number of carbonyl (C=O) groups excluding carboxylic acids is 2. The van der Waals surface area contributed by atoms with Crippen molar-refractivity contribution in [3.8, 4) is 0 Å². The number of nitrogens with one attached hydrogen (secondary N) is 1. The Morgan fingerprint density at radius 2 is 2.04 bits per heavy atom. The number of nitrogens with zero attached hydrogens (tertiary/aromatic N) is 4. The molecule has 1 heterocycles. The lowest BCUT2D eigenvalue weighted by atomic mass is 10.1. The summed E-state index contributed by atoms with van der Waals surface area (Å²) in [6.45, 7) is 7.28. The predicted octanol–water partition coefficient (Wildman–Crippen LogP) is 2.69. The summed E-state index contributed by atoms with van der Waals surface area (Å²) in [5.74, 6) is -0.627. The highest BCUT2D eigenvalue weighted by atomic mass is 35.5. The summed E-state index contributed by atoms with van der Waals surface area (Å²) >= 11 is 6.17. The van der Waals surface area contributed by atoms with Gasteiger partial charge in [-0.2, -0.15) is 5.10 Å². The van der Waals surface area contributed by atoms with Gasteiger partial charge in [-0.05, 0) is 32.0 Å². The number of anilines is 1. The molecule has 2 rings (SSSR count). The minimum atomic E-state index is -0.333. The zero-order chi connectivity index (χ0) is 18.4. The number of carbonyl (C=O) groups is 2. The first kappa shape index (κ1) is 18.9. The molecule has 0 radical (unpaired) electrons. The number of halogens is 1. The number of aromatic nitrogens is 3. The fraction of sp³-hybridized carbons (Fsp3) is 0.412. The highest BCUT2D eigenvalue weighted by Gasteiger charge is 2.18. The van der Waals surface area contributed by atoms with Crippen molar-refractivity contribution in [1.29, 1.82) is 0 Å². The monoisotopic (exact) mass is 363 g/mol. The third kappa shape index (κ3) is 4.79. The molecular formula is C17H22ClN5O2. The summed E-state index contributed by atoms with van der Waals surface area (Å²) in [6.07, 6.45) is 2.98. The zero-order valence-electron chi connectivity index (χ0n) is 14.6. The normalized spacial score (nSPS) is 11.8. The van der Waals surface area contributed by atoms with Crippen LogP contribution in [0.15, 0.2) is 30.9 Å². The molecular weight excluding hydrogens is 342 g/mol. The van der Waals surface area contributed by atoms with Crippen LogP contribution in [0.4, 0.5) is 5.69 Å². The minimum Gasteiger partial charge on any atom is -0.339 e. The third-order valence-electron chi connectivity index (χ3n) is 3.90. The summed E-state index contributed by atoms with van der Waals surface area (Å²) in [5, 5.41) is 7.16. The maximum atomic E-state index is 12.5. The van der Waals surface area contributed by atoms with E-state index in [0.717, 1.165) is 0 Å². The number of rotatable bonds is 7. The summed E-state index contributed by atoms with van der Waals surface area (Å²) in [4.78, 5) is 30.4. The van der Waals surface area contributed by atoms with E-state index in [1.54, 1.807) is 41.0 Å². The highest BCUT2D eigenvalue weighted by Crippen LogP contribution is 2.24. The second-order valence-corrected chi connectivity index (χ2v) is 6.09. The van der Waals surface area contributed by atoms with Crippen molar-refractivity contribution in [3.05, 3.63) is 41.4 Å². The largest absolute Gasteiger partial charge is 0.339 e. The fourth-order valence-electron chi connectivity index (χ4n) is 2.39. The van der Waals surface area contributed by atoms with Crippen molar-refractivity contribution in [1.82, 2.24) is 19.7 Å². The van der Waals surface area contributed by atoms with Gasteiger partial charge in [0, 0.05) is 18.7 Å². The van der Waals surface area contributed by atoms with Gasteiger partial charge in [0.25, 0.3) is 5.91 Å². The Hall–Kier alpha value is -2.41. The molecule has 2 amide bonds. The molecule has 1 aromatic heterocycles. The molecule has 0 unspecified atom stereocenters. The summed E-state index contributed by atoms with van der Waals surface area (Å²) in [5.41, 5.74) is 0.919. The average molecular weight is 364 g/mol. The lowest BCUT2D eigenvalue weighted by molar-refractivity contribution is -0.119. The van der Waals surface area contributed by atoms with Gasteiger partial charge in [-0.25, -0.2) is 4.98 Å². The lowest BCUT2D eigenvalue weighted by Crippen LogP contribution is -2.30. The summed E-state index contributed by atoms with van der Waals surface area (Å²) in [7, 11) is 0. The maximum Gasteiger partial charge on any atom is 0.253 e. The van der Waals surface area contributed by atoms with Gasteiger partial charge in [-0.3, -0.25) is 14.3 Å². The van der Waals surface area contributed by atoms with Crippen molar-refractivity contribution in [3.63, 3.8) is 0 Å². The van der Waals surface area contributed by atoms with Gasteiger partial charge in [-0.15, -0.1) is 0 Å². The summed E-state index contributed by atoms with van der Waals surface area (Å²) in [6, 6.07) is 4.90. The fourth-order valence-corrected chi connectivity index (χ4v) is 2.56. The van der Waals surface area contributed by atoms with Crippen LogP contribution < -0.4 is 5.32 Å². The Morgan fingerprint density at radius 3 is 2.64 bits per heavy atom. The van der Waals surface area contributed by atoms with Gasteiger partial charge >= 0.3 is 0 Å². The topological polar surface area (TPSA) is 80.1 Å². The van der Waals surface area contributed by atoms with Crippen molar-refractivity contribution in [2.75, 3.05) is 18.4 Å². The van der Waals surface area contributed by atoms with Crippen molar-refractivity contribution >= 4 is 29.1 Å². The average Bonchev–Trinajstić information content (AvgIpc) is 3.10. The molecule has 0 saturated carbocycles. The van der Waals surface area contributed by atoms with Crippen LogP contribution >= 0.6 is 11.6 Å².